The fourth-order valence-electron chi connectivity index (χ4n) is 3.03. The van der Waals surface area contributed by atoms with Crippen LogP contribution in [0.15, 0.2) is 41.9 Å². The van der Waals surface area contributed by atoms with Gasteiger partial charge in [0, 0.05) is 37.3 Å². The summed E-state index contributed by atoms with van der Waals surface area (Å²) >= 11 is 1.68. The van der Waals surface area contributed by atoms with Crippen molar-refractivity contribution in [2.45, 2.75) is 38.1 Å². The quantitative estimate of drug-likeness (QED) is 0.859. The Bertz CT molecular complexity index is 561. The maximum absolute atomic E-state index is 10.0. The molecule has 118 valence electrons. The predicted molar refractivity (Wildman–Crippen MR) is 89.8 cm³/mol. The van der Waals surface area contributed by atoms with Crippen molar-refractivity contribution in [2.75, 3.05) is 13.1 Å². The molecular weight excluding hydrogens is 294 g/mol. The molecule has 5 heteroatoms. The molecule has 3 unspecified atom stereocenters. The Balaban J connectivity index is 1.56. The van der Waals surface area contributed by atoms with Gasteiger partial charge in [-0.25, -0.2) is 4.98 Å². The molecule has 0 aliphatic carbocycles. The third-order valence-electron chi connectivity index (χ3n) is 4.22. The van der Waals surface area contributed by atoms with E-state index in [9.17, 15) is 5.11 Å². The van der Waals surface area contributed by atoms with Crippen LogP contribution in [0.2, 0.25) is 0 Å². The van der Waals surface area contributed by atoms with E-state index in [1.54, 1.807) is 11.3 Å². The van der Waals surface area contributed by atoms with Gasteiger partial charge in [-0.3, -0.25) is 4.90 Å². The molecule has 0 bridgehead atoms. The smallest absolute Gasteiger partial charge is 0.109 e. The molecule has 0 amide bonds. The number of likely N-dealkylation sites (tertiary alicyclic amines) is 1. The molecular formula is C17H23N3OS. The topological polar surface area (TPSA) is 48.4 Å². The highest BCUT2D eigenvalue weighted by Gasteiger charge is 2.30. The molecule has 2 N–H and O–H groups in total. The monoisotopic (exact) mass is 317 g/mol. The fraction of sp³-hybridized carbons (Fsp3) is 0.471. The van der Waals surface area contributed by atoms with E-state index in [2.05, 4.69) is 46.4 Å². The van der Waals surface area contributed by atoms with Crippen LogP contribution in [0.1, 0.15) is 30.0 Å². The molecule has 1 aliphatic rings. The molecule has 1 aromatic heterocycles. The maximum Gasteiger partial charge on any atom is 0.109 e. The summed E-state index contributed by atoms with van der Waals surface area (Å²) in [5.41, 5.74) is 1.30. The Morgan fingerprint density at radius 1 is 1.41 bits per heavy atom. The summed E-state index contributed by atoms with van der Waals surface area (Å²) in [4.78, 5) is 6.73. The van der Waals surface area contributed by atoms with Gasteiger partial charge in [0.1, 0.15) is 5.01 Å². The highest BCUT2D eigenvalue weighted by molar-refractivity contribution is 7.09. The Labute approximate surface area is 135 Å². The van der Waals surface area contributed by atoms with Crippen molar-refractivity contribution < 1.29 is 5.11 Å². The molecule has 3 rings (SSSR count). The van der Waals surface area contributed by atoms with E-state index in [0.29, 0.717) is 6.04 Å². The number of nitrogens with one attached hydrogen (secondary N) is 1. The normalized spacial score (nSPS) is 23.7. The van der Waals surface area contributed by atoms with Gasteiger partial charge in [-0.2, -0.15) is 0 Å². The van der Waals surface area contributed by atoms with E-state index in [0.717, 1.165) is 31.1 Å². The molecule has 22 heavy (non-hydrogen) atoms. The van der Waals surface area contributed by atoms with E-state index >= 15 is 0 Å². The summed E-state index contributed by atoms with van der Waals surface area (Å²) in [6.07, 6.45) is 2.47. The van der Waals surface area contributed by atoms with Crippen molar-refractivity contribution >= 4 is 11.3 Å². The van der Waals surface area contributed by atoms with Gasteiger partial charge >= 0.3 is 0 Å². The summed E-state index contributed by atoms with van der Waals surface area (Å²) in [5.74, 6) is 0. The minimum absolute atomic E-state index is 0.217. The lowest BCUT2D eigenvalue weighted by Crippen LogP contribution is -2.38. The average molecular weight is 317 g/mol. The number of hydrogen-bond acceptors (Lipinski definition) is 5. The Kier molecular flexibility index (Phi) is 5.20. The molecule has 2 heterocycles. The Morgan fingerprint density at radius 2 is 2.23 bits per heavy atom. The summed E-state index contributed by atoms with van der Waals surface area (Å²) in [6.45, 7) is 4.68. The van der Waals surface area contributed by atoms with Crippen LogP contribution in [-0.2, 0) is 6.54 Å². The first-order valence-electron chi connectivity index (χ1n) is 7.81. The lowest BCUT2D eigenvalue weighted by Gasteiger charge is -2.25. The zero-order valence-electron chi connectivity index (χ0n) is 12.9. The second-order valence-electron chi connectivity index (χ2n) is 5.96. The van der Waals surface area contributed by atoms with Gasteiger partial charge in [0.2, 0.25) is 0 Å². The summed E-state index contributed by atoms with van der Waals surface area (Å²) in [6, 6.07) is 11.1. The Morgan fingerprint density at radius 3 is 2.95 bits per heavy atom. The van der Waals surface area contributed by atoms with Crippen LogP contribution in [0.25, 0.3) is 0 Å². The predicted octanol–water partition coefficient (Wildman–Crippen LogP) is 2.43. The molecule has 3 atom stereocenters. The van der Waals surface area contributed by atoms with Gasteiger partial charge < -0.3 is 10.4 Å². The van der Waals surface area contributed by atoms with Gasteiger partial charge in [-0.05, 0) is 18.9 Å². The molecule has 1 fully saturated rings. The van der Waals surface area contributed by atoms with E-state index in [4.69, 9.17) is 0 Å². The number of aromatic nitrogens is 1. The summed E-state index contributed by atoms with van der Waals surface area (Å²) in [7, 11) is 0. The third-order valence-corrected chi connectivity index (χ3v) is 5.17. The van der Waals surface area contributed by atoms with Crippen LogP contribution in [0.3, 0.4) is 0 Å². The molecule has 4 nitrogen and oxygen atoms in total. The fourth-order valence-corrected chi connectivity index (χ4v) is 3.70. The van der Waals surface area contributed by atoms with Gasteiger partial charge in [0.15, 0.2) is 0 Å². The minimum atomic E-state index is -0.217. The number of β-amino-alcohol motifs (C(OH)–C–C–N with tert-alkyl or cyclic N) is 1. The van der Waals surface area contributed by atoms with E-state index in [1.807, 2.05) is 17.6 Å². The number of aliphatic hydroxyl groups is 1. The lowest BCUT2D eigenvalue weighted by molar-refractivity contribution is 0.172. The van der Waals surface area contributed by atoms with E-state index in [-0.39, 0.29) is 12.1 Å². The summed E-state index contributed by atoms with van der Waals surface area (Å²) < 4.78 is 0. The number of rotatable bonds is 6. The SMILES string of the molecule is CC(NCC1CC(O)CN1Cc1ccccc1)c1nccs1. The van der Waals surface area contributed by atoms with Crippen molar-refractivity contribution in [3.8, 4) is 0 Å². The van der Waals surface area contributed by atoms with Crippen LogP contribution in [0.4, 0.5) is 0 Å². The first-order chi connectivity index (χ1) is 10.7. The van der Waals surface area contributed by atoms with Crippen molar-refractivity contribution in [3.05, 3.63) is 52.5 Å². The number of hydrogen-bond donors (Lipinski definition) is 2. The molecule has 1 aromatic carbocycles. The van der Waals surface area contributed by atoms with Gasteiger partial charge in [0.25, 0.3) is 0 Å². The second kappa shape index (κ2) is 7.33. The number of benzene rings is 1. The van der Waals surface area contributed by atoms with E-state index < -0.39 is 0 Å². The van der Waals surface area contributed by atoms with Crippen LogP contribution >= 0.6 is 11.3 Å². The number of nitrogens with zero attached hydrogens (tertiary/aromatic N) is 2. The molecule has 0 radical (unpaired) electrons. The van der Waals surface area contributed by atoms with Crippen molar-refractivity contribution in [3.63, 3.8) is 0 Å². The molecule has 0 saturated carbocycles. The maximum atomic E-state index is 10.0. The third kappa shape index (κ3) is 3.93. The molecule has 2 aromatic rings. The lowest BCUT2D eigenvalue weighted by atomic mass is 10.1. The van der Waals surface area contributed by atoms with Crippen LogP contribution < -0.4 is 5.32 Å². The highest BCUT2D eigenvalue weighted by atomic mass is 32.1. The first kappa shape index (κ1) is 15.6. The van der Waals surface area contributed by atoms with E-state index in [1.165, 1.54) is 5.56 Å². The zero-order valence-corrected chi connectivity index (χ0v) is 13.7. The number of thiazole rings is 1. The van der Waals surface area contributed by atoms with Crippen molar-refractivity contribution in [1.82, 2.24) is 15.2 Å². The first-order valence-corrected chi connectivity index (χ1v) is 8.69. The largest absolute Gasteiger partial charge is 0.392 e. The molecule has 1 aliphatic heterocycles. The van der Waals surface area contributed by atoms with Crippen LogP contribution in [-0.4, -0.2) is 40.2 Å². The van der Waals surface area contributed by atoms with Gasteiger partial charge in [-0.15, -0.1) is 11.3 Å². The van der Waals surface area contributed by atoms with Gasteiger partial charge in [0.05, 0.1) is 12.1 Å². The van der Waals surface area contributed by atoms with Crippen LogP contribution in [0, 0.1) is 0 Å². The highest BCUT2D eigenvalue weighted by Crippen LogP contribution is 2.21. The number of aliphatic hydroxyl groups excluding tert-OH is 1. The molecule has 0 spiro atoms. The Hall–Kier alpha value is -1.27. The summed E-state index contributed by atoms with van der Waals surface area (Å²) in [5, 5.41) is 16.7. The standard InChI is InChI=1S/C17H23N3OS/c1-13(17-18-7-8-22-17)19-10-15-9-16(21)12-20(15)11-14-5-3-2-4-6-14/h2-8,13,15-16,19,21H,9-12H2,1H3. The zero-order chi connectivity index (χ0) is 15.4. The van der Waals surface area contributed by atoms with Crippen molar-refractivity contribution in [2.24, 2.45) is 0 Å². The average Bonchev–Trinajstić information content (AvgIpc) is 3.16. The van der Waals surface area contributed by atoms with Crippen molar-refractivity contribution in [1.29, 1.82) is 0 Å². The van der Waals surface area contributed by atoms with Gasteiger partial charge in [-0.1, -0.05) is 30.3 Å². The second-order valence-corrected chi connectivity index (χ2v) is 6.88. The van der Waals surface area contributed by atoms with Crippen LogP contribution in [0.5, 0.6) is 0 Å². The molecule has 1 saturated heterocycles. The minimum Gasteiger partial charge on any atom is -0.392 e.